The Labute approximate surface area is 114 Å². The minimum Gasteiger partial charge on any atom is -0.241 e. The number of para-hydroxylation sites is 1. The van der Waals surface area contributed by atoms with Crippen LogP contribution in [0.15, 0.2) is 59.6 Å². The van der Waals surface area contributed by atoms with Gasteiger partial charge in [0.05, 0.1) is 17.3 Å². The standard InChI is InChI=1S/C14H11ClN2S/c15-14(11-6-7-18-10-11)12-8-16-17(9-12)13-4-2-1-3-5-13/h1-10,14H. The van der Waals surface area contributed by atoms with E-state index in [0.29, 0.717) is 0 Å². The highest BCUT2D eigenvalue weighted by Gasteiger charge is 2.13. The molecule has 3 aromatic rings. The van der Waals surface area contributed by atoms with Crippen LogP contribution in [0.4, 0.5) is 0 Å². The number of benzene rings is 1. The minimum absolute atomic E-state index is 0.131. The molecule has 0 saturated heterocycles. The summed E-state index contributed by atoms with van der Waals surface area (Å²) in [6.45, 7) is 0. The largest absolute Gasteiger partial charge is 0.241 e. The van der Waals surface area contributed by atoms with Gasteiger partial charge in [0.1, 0.15) is 0 Å². The third-order valence-corrected chi connectivity index (χ3v) is 3.96. The quantitative estimate of drug-likeness (QED) is 0.653. The first-order valence-electron chi connectivity index (χ1n) is 5.61. The summed E-state index contributed by atoms with van der Waals surface area (Å²) in [7, 11) is 0. The number of halogens is 1. The molecule has 1 aromatic carbocycles. The third-order valence-electron chi connectivity index (χ3n) is 2.75. The molecular weight excluding hydrogens is 264 g/mol. The molecule has 0 fully saturated rings. The molecule has 1 unspecified atom stereocenters. The van der Waals surface area contributed by atoms with E-state index in [1.165, 1.54) is 0 Å². The molecule has 1 atom stereocenters. The number of hydrogen-bond acceptors (Lipinski definition) is 2. The number of hydrogen-bond donors (Lipinski definition) is 0. The van der Waals surface area contributed by atoms with Gasteiger partial charge in [0.2, 0.25) is 0 Å². The number of nitrogens with zero attached hydrogens (tertiary/aromatic N) is 2. The summed E-state index contributed by atoms with van der Waals surface area (Å²) in [6, 6.07) is 12.1. The molecule has 3 rings (SSSR count). The fraction of sp³-hybridized carbons (Fsp3) is 0.0714. The molecule has 0 spiro atoms. The van der Waals surface area contributed by atoms with Crippen LogP contribution in [0, 0.1) is 0 Å². The van der Waals surface area contributed by atoms with E-state index in [0.717, 1.165) is 16.8 Å². The first-order valence-corrected chi connectivity index (χ1v) is 6.98. The van der Waals surface area contributed by atoms with Crippen molar-refractivity contribution in [3.8, 4) is 5.69 Å². The molecular formula is C14H11ClN2S. The average molecular weight is 275 g/mol. The molecule has 4 heteroatoms. The highest BCUT2D eigenvalue weighted by atomic mass is 35.5. The van der Waals surface area contributed by atoms with E-state index in [1.807, 2.05) is 58.9 Å². The van der Waals surface area contributed by atoms with Crippen molar-refractivity contribution in [2.75, 3.05) is 0 Å². The van der Waals surface area contributed by atoms with Crippen molar-refractivity contribution in [3.05, 3.63) is 70.7 Å². The van der Waals surface area contributed by atoms with E-state index in [4.69, 9.17) is 11.6 Å². The first-order chi connectivity index (χ1) is 8.84. The van der Waals surface area contributed by atoms with E-state index in [2.05, 4.69) is 10.5 Å². The molecule has 0 bridgehead atoms. The predicted octanol–water partition coefficient (Wildman–Crippen LogP) is 4.26. The van der Waals surface area contributed by atoms with Gasteiger partial charge in [-0.1, -0.05) is 18.2 Å². The smallest absolute Gasteiger partial charge is 0.0873 e. The molecule has 0 saturated carbocycles. The van der Waals surface area contributed by atoms with Crippen LogP contribution < -0.4 is 0 Å². The van der Waals surface area contributed by atoms with Crippen LogP contribution in [0.3, 0.4) is 0 Å². The normalized spacial score (nSPS) is 12.5. The maximum Gasteiger partial charge on any atom is 0.0873 e. The Morgan fingerprint density at radius 2 is 1.94 bits per heavy atom. The van der Waals surface area contributed by atoms with Crippen molar-refractivity contribution < 1.29 is 0 Å². The Kier molecular flexibility index (Phi) is 3.17. The van der Waals surface area contributed by atoms with Crippen molar-refractivity contribution >= 4 is 22.9 Å². The summed E-state index contributed by atoms with van der Waals surface area (Å²) in [4.78, 5) is 0. The molecule has 0 amide bonds. The van der Waals surface area contributed by atoms with Gasteiger partial charge in [-0.05, 0) is 34.5 Å². The highest BCUT2D eigenvalue weighted by Crippen LogP contribution is 2.30. The Hall–Kier alpha value is -1.58. The minimum atomic E-state index is -0.131. The molecule has 90 valence electrons. The molecule has 0 N–H and O–H groups in total. The molecule has 0 aliphatic rings. The topological polar surface area (TPSA) is 17.8 Å². The number of alkyl halides is 1. The third kappa shape index (κ3) is 2.19. The van der Waals surface area contributed by atoms with Gasteiger partial charge >= 0.3 is 0 Å². The Morgan fingerprint density at radius 1 is 1.11 bits per heavy atom. The summed E-state index contributed by atoms with van der Waals surface area (Å²) in [5, 5.41) is 8.32. The number of rotatable bonds is 3. The summed E-state index contributed by atoms with van der Waals surface area (Å²) in [5.41, 5.74) is 3.17. The van der Waals surface area contributed by atoms with Gasteiger partial charge in [0, 0.05) is 11.8 Å². The van der Waals surface area contributed by atoms with Gasteiger partial charge in [-0.3, -0.25) is 0 Å². The van der Waals surface area contributed by atoms with Gasteiger partial charge in [0.25, 0.3) is 0 Å². The van der Waals surface area contributed by atoms with Gasteiger partial charge in [-0.15, -0.1) is 11.6 Å². The van der Waals surface area contributed by atoms with Gasteiger partial charge < -0.3 is 0 Å². The van der Waals surface area contributed by atoms with Crippen LogP contribution in [0.2, 0.25) is 0 Å². The fourth-order valence-corrected chi connectivity index (χ4v) is 2.81. The molecule has 2 nitrogen and oxygen atoms in total. The van der Waals surface area contributed by atoms with Gasteiger partial charge in [-0.25, -0.2) is 4.68 Å². The second-order valence-electron chi connectivity index (χ2n) is 3.97. The summed E-state index contributed by atoms with van der Waals surface area (Å²) < 4.78 is 1.84. The molecule has 2 aromatic heterocycles. The van der Waals surface area contributed by atoms with Crippen LogP contribution in [-0.2, 0) is 0 Å². The summed E-state index contributed by atoms with van der Waals surface area (Å²) in [5.74, 6) is 0. The highest BCUT2D eigenvalue weighted by molar-refractivity contribution is 7.08. The molecule has 0 radical (unpaired) electrons. The van der Waals surface area contributed by atoms with Crippen molar-refractivity contribution in [1.82, 2.24) is 9.78 Å². The van der Waals surface area contributed by atoms with Crippen LogP contribution in [0.1, 0.15) is 16.5 Å². The van der Waals surface area contributed by atoms with Crippen molar-refractivity contribution in [3.63, 3.8) is 0 Å². The summed E-state index contributed by atoms with van der Waals surface area (Å²) >= 11 is 8.08. The van der Waals surface area contributed by atoms with Crippen molar-refractivity contribution in [2.24, 2.45) is 0 Å². The monoisotopic (exact) mass is 274 g/mol. The Morgan fingerprint density at radius 3 is 2.67 bits per heavy atom. The lowest BCUT2D eigenvalue weighted by Gasteiger charge is -2.03. The maximum atomic E-state index is 6.43. The van der Waals surface area contributed by atoms with E-state index >= 15 is 0 Å². The molecule has 18 heavy (non-hydrogen) atoms. The maximum absolute atomic E-state index is 6.43. The van der Waals surface area contributed by atoms with Crippen LogP contribution in [0.25, 0.3) is 5.69 Å². The average Bonchev–Trinajstić information content (AvgIpc) is 3.10. The van der Waals surface area contributed by atoms with Gasteiger partial charge in [-0.2, -0.15) is 16.4 Å². The van der Waals surface area contributed by atoms with E-state index in [1.54, 1.807) is 11.3 Å². The summed E-state index contributed by atoms with van der Waals surface area (Å²) in [6.07, 6.45) is 3.80. The van der Waals surface area contributed by atoms with Crippen LogP contribution in [0.5, 0.6) is 0 Å². The zero-order valence-corrected chi connectivity index (χ0v) is 11.1. The van der Waals surface area contributed by atoms with Crippen LogP contribution in [-0.4, -0.2) is 9.78 Å². The van der Waals surface area contributed by atoms with Gasteiger partial charge in [0.15, 0.2) is 0 Å². The zero-order chi connectivity index (χ0) is 12.4. The number of thiophene rings is 1. The Bertz CT molecular complexity index is 616. The Balaban J connectivity index is 1.90. The first kappa shape index (κ1) is 11.5. The molecule has 0 aliphatic heterocycles. The predicted molar refractivity (Wildman–Crippen MR) is 75.6 cm³/mol. The second-order valence-corrected chi connectivity index (χ2v) is 5.19. The molecule has 0 aliphatic carbocycles. The lowest BCUT2D eigenvalue weighted by molar-refractivity contribution is 0.880. The lowest BCUT2D eigenvalue weighted by Crippen LogP contribution is -1.93. The fourth-order valence-electron chi connectivity index (χ4n) is 1.80. The number of aromatic nitrogens is 2. The van der Waals surface area contributed by atoms with Crippen molar-refractivity contribution in [2.45, 2.75) is 5.38 Å². The van der Waals surface area contributed by atoms with Crippen LogP contribution >= 0.6 is 22.9 Å². The van der Waals surface area contributed by atoms with E-state index in [9.17, 15) is 0 Å². The second kappa shape index (κ2) is 4.96. The van der Waals surface area contributed by atoms with Crippen molar-refractivity contribution in [1.29, 1.82) is 0 Å². The van der Waals surface area contributed by atoms with E-state index < -0.39 is 0 Å². The van der Waals surface area contributed by atoms with E-state index in [-0.39, 0.29) is 5.38 Å². The zero-order valence-electron chi connectivity index (χ0n) is 9.53. The lowest BCUT2D eigenvalue weighted by atomic mass is 10.1. The molecule has 2 heterocycles. The SMILES string of the molecule is ClC(c1ccsc1)c1cnn(-c2ccccc2)c1.